The molecule has 13 nitrogen and oxygen atoms in total. The molecule has 3 aromatic heterocycles. The standard InChI is InChI=1S/C25H24ClFN6O4.C7H15NO2.C2H6/c26-17-9-18-15(11-29-32-18)19(14(17)3-8-36-13-34)22-20(27)21-16(10-28-22)23(35)31-24(30-21)37-12-25-4-1-6-33(25)7-2-5-25;1-10-5-6-2-7(9)4-8-3-6;1-2/h9-11,13H,1-8,12H2,(H,29,32)(H,30,31,35);6-9H,2-5H2,1H3;1-2H3. The maximum atomic E-state index is 16.1. The summed E-state index contributed by atoms with van der Waals surface area (Å²) >= 11 is 6.53. The van der Waals surface area contributed by atoms with Crippen LogP contribution in [-0.2, 0) is 20.7 Å². The smallest absolute Gasteiger partial charge is 0.297 e. The van der Waals surface area contributed by atoms with Crippen LogP contribution in [0.2, 0.25) is 5.02 Å². The van der Waals surface area contributed by atoms with Crippen molar-refractivity contribution in [2.24, 2.45) is 5.92 Å². The van der Waals surface area contributed by atoms with Crippen LogP contribution in [0.1, 0.15) is 51.5 Å². The summed E-state index contributed by atoms with van der Waals surface area (Å²) in [7, 11) is 1.70. The fourth-order valence-corrected chi connectivity index (χ4v) is 7.44. The van der Waals surface area contributed by atoms with Gasteiger partial charge in [0, 0.05) is 48.8 Å². The van der Waals surface area contributed by atoms with E-state index in [-0.39, 0.29) is 47.3 Å². The Morgan fingerprint density at radius 2 is 1.96 bits per heavy atom. The number of hydrogen-bond donors (Lipinski definition) is 4. The summed E-state index contributed by atoms with van der Waals surface area (Å²) in [6, 6.07) is 1.65. The summed E-state index contributed by atoms with van der Waals surface area (Å²) in [5, 5.41) is 20.1. The summed E-state index contributed by atoms with van der Waals surface area (Å²) in [6.45, 7) is 9.31. The average molecular weight is 702 g/mol. The van der Waals surface area contributed by atoms with Gasteiger partial charge in [0.15, 0.2) is 5.82 Å². The number of aromatic amines is 2. The zero-order chi connectivity index (χ0) is 35.0. The lowest BCUT2D eigenvalue weighted by Gasteiger charge is -2.31. The minimum Gasteiger partial charge on any atom is -0.468 e. The summed E-state index contributed by atoms with van der Waals surface area (Å²) in [5.41, 5.74) is 0.727. The van der Waals surface area contributed by atoms with E-state index in [1.807, 2.05) is 13.8 Å². The van der Waals surface area contributed by atoms with Crippen molar-refractivity contribution >= 4 is 39.9 Å². The molecule has 0 amide bonds. The number of nitrogens with one attached hydrogen (secondary N) is 3. The molecule has 49 heavy (non-hydrogen) atoms. The first-order valence-electron chi connectivity index (χ1n) is 16.9. The first-order chi connectivity index (χ1) is 23.8. The monoisotopic (exact) mass is 701 g/mol. The second kappa shape index (κ2) is 16.8. The number of rotatable bonds is 10. The highest BCUT2D eigenvalue weighted by atomic mass is 35.5. The predicted molar refractivity (Wildman–Crippen MR) is 184 cm³/mol. The van der Waals surface area contributed by atoms with Crippen LogP contribution in [-0.4, -0.2) is 106 Å². The molecule has 0 radical (unpaired) electrons. The number of hydrogen-bond acceptors (Lipinski definition) is 11. The molecule has 6 heterocycles. The minimum absolute atomic E-state index is 0.00595. The normalized spacial score (nSPS) is 19.9. The molecule has 0 spiro atoms. The van der Waals surface area contributed by atoms with E-state index in [2.05, 4.69) is 35.4 Å². The van der Waals surface area contributed by atoms with Crippen LogP contribution >= 0.6 is 11.6 Å². The Hall–Kier alpha value is -3.69. The lowest BCUT2D eigenvalue weighted by atomic mass is 9.95. The van der Waals surface area contributed by atoms with Crippen LogP contribution < -0.4 is 15.6 Å². The van der Waals surface area contributed by atoms with E-state index in [0.29, 0.717) is 46.0 Å². The molecule has 0 bridgehead atoms. The SMILES string of the molecule is CC.COCC1CNCC(O)C1.O=COCCc1c(Cl)cc2[nH]ncc2c1-c1ncc2c(=O)[nH]c(OCC34CCCN3CCC4)nc2c1F. The Balaban J connectivity index is 0.000000334. The van der Waals surface area contributed by atoms with E-state index in [1.165, 1.54) is 6.20 Å². The third-order valence-corrected chi connectivity index (χ3v) is 9.69. The Kier molecular flexibility index (Phi) is 12.6. The van der Waals surface area contributed by atoms with E-state index >= 15 is 4.39 Å². The van der Waals surface area contributed by atoms with Crippen LogP contribution in [0.15, 0.2) is 23.3 Å². The molecular formula is C34H45ClFN7O6. The fraction of sp³-hybridized carbons (Fsp3) is 0.559. The maximum Gasteiger partial charge on any atom is 0.297 e. The van der Waals surface area contributed by atoms with Crippen molar-refractivity contribution in [3.8, 4) is 17.3 Å². The number of methoxy groups -OCH3 is 1. The Labute approximate surface area is 288 Å². The first kappa shape index (κ1) is 36.6. The van der Waals surface area contributed by atoms with Gasteiger partial charge < -0.3 is 24.6 Å². The predicted octanol–water partition coefficient (Wildman–Crippen LogP) is 4.01. The molecule has 7 rings (SSSR count). The van der Waals surface area contributed by atoms with Crippen LogP contribution in [0.4, 0.5) is 4.39 Å². The second-order valence-electron chi connectivity index (χ2n) is 12.4. The van der Waals surface area contributed by atoms with Gasteiger partial charge in [0.1, 0.15) is 17.8 Å². The third-order valence-electron chi connectivity index (χ3n) is 9.36. The Morgan fingerprint density at radius 1 is 1.18 bits per heavy atom. The lowest BCUT2D eigenvalue weighted by Crippen LogP contribution is -2.43. The van der Waals surface area contributed by atoms with Crippen LogP contribution in [0.5, 0.6) is 6.01 Å². The van der Waals surface area contributed by atoms with Crippen molar-refractivity contribution in [2.45, 2.75) is 64.0 Å². The average Bonchev–Trinajstić information content (AvgIpc) is 3.83. The molecule has 0 aliphatic carbocycles. The molecule has 1 aromatic carbocycles. The summed E-state index contributed by atoms with van der Waals surface area (Å²) in [6.07, 6.45) is 8.03. The number of halogens is 2. The van der Waals surface area contributed by atoms with Gasteiger partial charge >= 0.3 is 0 Å². The van der Waals surface area contributed by atoms with Crippen molar-refractivity contribution < 1.29 is 28.5 Å². The molecule has 15 heteroatoms. The summed E-state index contributed by atoms with van der Waals surface area (Å²) < 4.78 is 31.9. The van der Waals surface area contributed by atoms with Gasteiger partial charge in [-0.1, -0.05) is 25.4 Å². The number of aromatic nitrogens is 5. The molecule has 2 unspecified atom stereocenters. The molecule has 4 N–H and O–H groups in total. The van der Waals surface area contributed by atoms with Crippen LogP contribution in [0, 0.1) is 11.7 Å². The maximum absolute atomic E-state index is 16.1. The zero-order valence-electron chi connectivity index (χ0n) is 28.2. The van der Waals surface area contributed by atoms with E-state index < -0.39 is 11.4 Å². The molecular weight excluding hydrogens is 657 g/mol. The lowest BCUT2D eigenvalue weighted by molar-refractivity contribution is -0.128. The molecule has 3 aliphatic heterocycles. The number of benzene rings is 1. The highest BCUT2D eigenvalue weighted by molar-refractivity contribution is 6.33. The summed E-state index contributed by atoms with van der Waals surface area (Å²) in [5.74, 6) is -0.286. The quantitative estimate of drug-likeness (QED) is 0.139. The van der Waals surface area contributed by atoms with Gasteiger partial charge in [-0.15, -0.1) is 0 Å². The molecule has 0 saturated carbocycles. The number of carbonyl (C=O) groups excluding carboxylic acids is 1. The van der Waals surface area contributed by atoms with E-state index in [0.717, 1.165) is 64.9 Å². The Morgan fingerprint density at radius 3 is 2.67 bits per heavy atom. The number of pyridine rings is 1. The number of carbonyl (C=O) groups is 1. The van der Waals surface area contributed by atoms with Gasteiger partial charge in [-0.25, -0.2) is 4.39 Å². The van der Waals surface area contributed by atoms with Crippen molar-refractivity contribution in [1.82, 2.24) is 35.4 Å². The van der Waals surface area contributed by atoms with Crippen molar-refractivity contribution in [1.29, 1.82) is 0 Å². The highest BCUT2D eigenvalue weighted by Gasteiger charge is 2.45. The number of nitrogens with zero attached hydrogens (tertiary/aromatic N) is 4. The van der Waals surface area contributed by atoms with Gasteiger partial charge in [0.2, 0.25) is 0 Å². The molecule has 4 aromatic rings. The largest absolute Gasteiger partial charge is 0.468 e. The number of ether oxygens (including phenoxy) is 3. The van der Waals surface area contributed by atoms with Crippen LogP contribution in [0.25, 0.3) is 33.1 Å². The second-order valence-corrected chi connectivity index (χ2v) is 12.8. The van der Waals surface area contributed by atoms with Crippen molar-refractivity contribution in [3.63, 3.8) is 0 Å². The minimum atomic E-state index is -0.780. The van der Waals surface area contributed by atoms with E-state index in [9.17, 15) is 14.7 Å². The summed E-state index contributed by atoms with van der Waals surface area (Å²) in [4.78, 5) is 37.2. The molecule has 3 saturated heterocycles. The van der Waals surface area contributed by atoms with Crippen molar-refractivity contribution in [3.05, 3.63) is 45.2 Å². The number of aliphatic hydroxyl groups excluding tert-OH is 1. The van der Waals surface area contributed by atoms with Gasteiger partial charge in [-0.2, -0.15) is 10.1 Å². The van der Waals surface area contributed by atoms with Gasteiger partial charge in [0.25, 0.3) is 18.0 Å². The highest BCUT2D eigenvalue weighted by Crippen LogP contribution is 2.40. The Bertz CT molecular complexity index is 1770. The third kappa shape index (κ3) is 8.04. The zero-order valence-corrected chi connectivity index (χ0v) is 28.9. The number of β-amino-alcohol motifs (C(OH)–C–C–N with tert-alkyl or cyclic N) is 1. The van der Waals surface area contributed by atoms with Gasteiger partial charge in [-0.05, 0) is 62.7 Å². The number of aliphatic hydroxyl groups is 1. The molecule has 2 atom stereocenters. The van der Waals surface area contributed by atoms with E-state index in [4.69, 9.17) is 25.8 Å². The van der Waals surface area contributed by atoms with Gasteiger partial charge in [-0.3, -0.25) is 29.6 Å². The number of fused-ring (bicyclic) bond motifs is 3. The van der Waals surface area contributed by atoms with E-state index in [1.54, 1.807) is 19.4 Å². The van der Waals surface area contributed by atoms with Crippen molar-refractivity contribution in [2.75, 3.05) is 53.1 Å². The fourth-order valence-electron chi connectivity index (χ4n) is 7.15. The first-order valence-corrected chi connectivity index (χ1v) is 17.3. The molecule has 3 aliphatic rings. The number of H-pyrrole nitrogens is 2. The van der Waals surface area contributed by atoms with Gasteiger partial charge in [0.05, 0.1) is 42.0 Å². The molecule has 3 fully saturated rings. The topological polar surface area (TPSA) is 168 Å². The number of piperidine rings is 1. The molecule has 266 valence electrons. The van der Waals surface area contributed by atoms with Crippen LogP contribution in [0.3, 0.4) is 0 Å².